The second-order valence-electron chi connectivity index (χ2n) is 8.83. The summed E-state index contributed by atoms with van der Waals surface area (Å²) in [4.78, 5) is 17.6. The number of hydroxylamine groups is 1. The van der Waals surface area contributed by atoms with Gasteiger partial charge in [0, 0.05) is 59.6 Å². The summed E-state index contributed by atoms with van der Waals surface area (Å²) in [5.74, 6) is 7.47. The van der Waals surface area contributed by atoms with E-state index in [1.54, 1.807) is 12.4 Å². The highest BCUT2D eigenvalue weighted by molar-refractivity contribution is 7.09. The number of fused-ring (bicyclic) bond motifs is 2. The minimum atomic E-state index is -0.942. The van der Waals surface area contributed by atoms with Crippen LogP contribution in [0, 0.1) is 18.8 Å². The highest BCUT2D eigenvalue weighted by Crippen LogP contribution is 2.49. The fourth-order valence-corrected chi connectivity index (χ4v) is 5.42. The van der Waals surface area contributed by atoms with Gasteiger partial charge in [0.05, 0.1) is 0 Å². The quantitative estimate of drug-likeness (QED) is 0.415. The lowest BCUT2D eigenvalue weighted by Crippen LogP contribution is -2.59. The molecule has 5 rings (SSSR count). The first-order valence-corrected chi connectivity index (χ1v) is 11.3. The summed E-state index contributed by atoms with van der Waals surface area (Å²) >= 11 is 1.45. The molecular weight excluding hydrogens is 422 g/mol. The van der Waals surface area contributed by atoms with Crippen LogP contribution in [0.5, 0.6) is 0 Å². The smallest absolute Gasteiger partial charge is 0.221 e. The summed E-state index contributed by atoms with van der Waals surface area (Å²) in [7, 11) is 2.14. The van der Waals surface area contributed by atoms with E-state index in [9.17, 15) is 5.21 Å². The molecule has 1 spiro atoms. The van der Waals surface area contributed by atoms with Crippen LogP contribution in [0.25, 0.3) is 0 Å². The molecule has 32 heavy (non-hydrogen) atoms. The number of likely N-dealkylation sites (N-methyl/N-ethyl adjacent to an activating group) is 1. The van der Waals surface area contributed by atoms with Crippen molar-refractivity contribution >= 4 is 28.8 Å². The molecule has 2 aliphatic rings. The van der Waals surface area contributed by atoms with Crippen LogP contribution in [-0.2, 0) is 11.0 Å². The van der Waals surface area contributed by atoms with Gasteiger partial charge in [-0.1, -0.05) is 17.9 Å². The Balaban J connectivity index is 1.57. The number of hydrogen-bond acceptors (Lipinski definition) is 9. The summed E-state index contributed by atoms with van der Waals surface area (Å²) in [6, 6.07) is 6.34. The summed E-state index contributed by atoms with van der Waals surface area (Å²) in [6.45, 7) is 6.65. The van der Waals surface area contributed by atoms with Crippen molar-refractivity contribution in [3.05, 3.63) is 57.7 Å². The number of rotatable bonds is 3. The number of nitrogens with two attached hydrogens (primary N) is 1. The van der Waals surface area contributed by atoms with Gasteiger partial charge in [-0.15, -0.1) is 11.3 Å². The molecule has 1 aromatic carbocycles. The Morgan fingerprint density at radius 2 is 2.09 bits per heavy atom. The lowest BCUT2D eigenvalue weighted by atomic mass is 9.75. The second kappa shape index (κ2) is 7.53. The third-order valence-corrected chi connectivity index (χ3v) is 7.22. The molecule has 2 aromatic heterocycles. The molecule has 9 heteroatoms. The van der Waals surface area contributed by atoms with Crippen LogP contribution in [0.1, 0.15) is 28.6 Å². The Kier molecular flexibility index (Phi) is 4.91. The van der Waals surface area contributed by atoms with E-state index in [-0.39, 0.29) is 11.4 Å². The Hall–Kier alpha value is -3.03. The van der Waals surface area contributed by atoms with Crippen molar-refractivity contribution in [1.29, 1.82) is 0 Å². The largest absolute Gasteiger partial charge is 0.368 e. The average molecular weight is 448 g/mol. The van der Waals surface area contributed by atoms with E-state index in [2.05, 4.69) is 67.3 Å². The van der Waals surface area contributed by atoms with Crippen LogP contribution < -0.4 is 16.1 Å². The number of benzene rings is 1. The predicted octanol–water partition coefficient (Wildman–Crippen LogP) is 2.40. The van der Waals surface area contributed by atoms with Gasteiger partial charge in [-0.2, -0.15) is 10.5 Å². The molecule has 1 atom stereocenters. The van der Waals surface area contributed by atoms with Crippen LogP contribution in [0.4, 0.5) is 17.5 Å². The minimum Gasteiger partial charge on any atom is -0.368 e. The Morgan fingerprint density at radius 3 is 2.78 bits per heavy atom. The number of anilines is 3. The zero-order chi connectivity index (χ0) is 22.5. The van der Waals surface area contributed by atoms with Crippen LogP contribution in [0.3, 0.4) is 0 Å². The van der Waals surface area contributed by atoms with E-state index in [0.717, 1.165) is 42.3 Å². The average Bonchev–Trinajstić information content (AvgIpc) is 3.41. The number of hydrogen-bond donors (Lipinski definition) is 3. The molecule has 0 saturated carbocycles. The summed E-state index contributed by atoms with van der Waals surface area (Å²) in [5.41, 5.74) is 11.6. The van der Waals surface area contributed by atoms with Gasteiger partial charge in [0.25, 0.3) is 0 Å². The molecule has 1 unspecified atom stereocenters. The molecule has 2 aliphatic heterocycles. The van der Waals surface area contributed by atoms with Gasteiger partial charge in [0.2, 0.25) is 5.95 Å². The number of aryl methyl sites for hydroxylation is 1. The molecule has 1 fully saturated rings. The van der Waals surface area contributed by atoms with Gasteiger partial charge in [-0.05, 0) is 38.6 Å². The maximum atomic E-state index is 9.75. The molecule has 0 bridgehead atoms. The number of nitrogen functional groups attached to an aromatic ring is 1. The van der Waals surface area contributed by atoms with Crippen molar-refractivity contribution in [2.45, 2.75) is 24.8 Å². The van der Waals surface area contributed by atoms with Crippen LogP contribution >= 0.6 is 11.3 Å². The van der Waals surface area contributed by atoms with Crippen LogP contribution in [0.15, 0.2) is 36.0 Å². The van der Waals surface area contributed by atoms with Crippen molar-refractivity contribution in [3.8, 4) is 11.8 Å². The fraction of sp³-hybridized carbons (Fsp3) is 0.348. The molecule has 0 radical (unpaired) electrons. The zero-order valence-electron chi connectivity index (χ0n) is 18.3. The summed E-state index contributed by atoms with van der Waals surface area (Å²) in [6.07, 6.45) is 3.47. The first kappa shape index (κ1) is 20.8. The monoisotopic (exact) mass is 447 g/mol. The highest BCUT2D eigenvalue weighted by atomic mass is 32.1. The van der Waals surface area contributed by atoms with Gasteiger partial charge in [0.15, 0.2) is 5.54 Å². The number of aromatic nitrogens is 3. The van der Waals surface area contributed by atoms with Crippen LogP contribution in [-0.4, -0.2) is 51.7 Å². The Labute approximate surface area is 191 Å². The van der Waals surface area contributed by atoms with Crippen molar-refractivity contribution in [3.63, 3.8) is 0 Å². The molecule has 0 aliphatic carbocycles. The SMILES string of the molecule is Cc1cnc(N)nc1N1CC2(CN(C)C2)c2ccc(C#CC(C)(NO)c3nccs3)cc21. The molecule has 4 heterocycles. The lowest BCUT2D eigenvalue weighted by Gasteiger charge is -2.46. The predicted molar refractivity (Wildman–Crippen MR) is 125 cm³/mol. The molecule has 0 amide bonds. The number of nitrogens with one attached hydrogen (secondary N) is 1. The first-order chi connectivity index (χ1) is 15.3. The summed E-state index contributed by atoms with van der Waals surface area (Å²) in [5, 5.41) is 12.3. The van der Waals surface area contributed by atoms with Gasteiger partial charge < -0.3 is 20.7 Å². The molecule has 3 aromatic rings. The third-order valence-electron chi connectivity index (χ3n) is 6.23. The zero-order valence-corrected chi connectivity index (χ0v) is 19.1. The fourth-order valence-electron chi connectivity index (χ4n) is 4.72. The second-order valence-corrected chi connectivity index (χ2v) is 9.72. The molecule has 4 N–H and O–H groups in total. The Morgan fingerprint density at radius 1 is 1.28 bits per heavy atom. The van der Waals surface area contributed by atoms with Gasteiger partial charge >= 0.3 is 0 Å². The van der Waals surface area contributed by atoms with Gasteiger partial charge in [-0.3, -0.25) is 0 Å². The lowest BCUT2D eigenvalue weighted by molar-refractivity contribution is 0.101. The van der Waals surface area contributed by atoms with Crippen LogP contribution in [0.2, 0.25) is 0 Å². The highest BCUT2D eigenvalue weighted by Gasteiger charge is 2.50. The maximum Gasteiger partial charge on any atom is 0.221 e. The molecule has 1 saturated heterocycles. The molecule has 8 nitrogen and oxygen atoms in total. The van der Waals surface area contributed by atoms with E-state index >= 15 is 0 Å². The topological polar surface area (TPSA) is 103 Å². The van der Waals surface area contributed by atoms with E-state index in [1.807, 2.05) is 19.2 Å². The van der Waals surface area contributed by atoms with Crippen molar-refractivity contribution in [1.82, 2.24) is 25.3 Å². The third kappa shape index (κ3) is 3.32. The molecular formula is C23H25N7OS. The minimum absolute atomic E-state index is 0.0737. The van der Waals surface area contributed by atoms with Gasteiger partial charge in [-0.25, -0.2) is 9.97 Å². The standard InChI is InChI=1S/C23H25N7OS/c1-15-11-26-21(24)27-19(15)30-14-23(12-29(3)13-23)17-5-4-16(10-18(17)30)6-7-22(2,28-31)20-25-8-9-32-20/h4-5,8-11,28,31H,12-14H2,1-3H3,(H2,24,26,27). The number of likely N-dealkylation sites (tertiary alicyclic amines) is 1. The normalized spacial score (nSPS) is 18.6. The summed E-state index contributed by atoms with van der Waals surface area (Å²) < 4.78 is 0. The Bertz CT molecular complexity index is 1230. The van der Waals surface area contributed by atoms with Gasteiger partial charge in [0.1, 0.15) is 10.8 Å². The van der Waals surface area contributed by atoms with E-state index in [0.29, 0.717) is 5.01 Å². The molecule has 164 valence electrons. The van der Waals surface area contributed by atoms with Crippen molar-refractivity contribution < 1.29 is 5.21 Å². The van der Waals surface area contributed by atoms with E-state index < -0.39 is 5.54 Å². The first-order valence-electron chi connectivity index (χ1n) is 10.4. The van der Waals surface area contributed by atoms with Crippen molar-refractivity contribution in [2.24, 2.45) is 0 Å². The van der Waals surface area contributed by atoms with E-state index in [1.165, 1.54) is 16.9 Å². The maximum absolute atomic E-state index is 9.75. The number of nitrogens with zero attached hydrogens (tertiary/aromatic N) is 5. The number of thiazole rings is 1. The van der Waals surface area contributed by atoms with Crippen molar-refractivity contribution in [2.75, 3.05) is 37.3 Å². The van der Waals surface area contributed by atoms with E-state index in [4.69, 9.17) is 5.73 Å².